The van der Waals surface area contributed by atoms with Crippen LogP contribution < -0.4 is 4.74 Å². The maximum atomic E-state index is 12.9. The van der Waals surface area contributed by atoms with Crippen LogP contribution in [0, 0.1) is 9.39 Å². The van der Waals surface area contributed by atoms with Gasteiger partial charge in [-0.3, -0.25) is 4.79 Å². The molecule has 0 saturated heterocycles. The van der Waals surface area contributed by atoms with Gasteiger partial charge < -0.3 is 4.74 Å². The summed E-state index contributed by atoms with van der Waals surface area (Å²) in [6.07, 6.45) is 0.284. The standard InChI is InChI=1S/C9H8FIO2/c1-2-8(12)13-7-5-3-4-6(10)9(7)11/h3-5H,2H2,1H3. The van der Waals surface area contributed by atoms with Gasteiger partial charge in [0, 0.05) is 6.42 Å². The second-order valence-electron chi connectivity index (χ2n) is 2.38. The van der Waals surface area contributed by atoms with Gasteiger partial charge in [-0.1, -0.05) is 13.0 Å². The summed E-state index contributed by atoms with van der Waals surface area (Å²) in [6, 6.07) is 4.40. The van der Waals surface area contributed by atoms with Crippen molar-refractivity contribution >= 4 is 28.6 Å². The van der Waals surface area contributed by atoms with Crippen LogP contribution in [0.5, 0.6) is 5.75 Å². The van der Waals surface area contributed by atoms with Crippen LogP contribution in [0.1, 0.15) is 13.3 Å². The van der Waals surface area contributed by atoms with Crippen molar-refractivity contribution in [1.29, 1.82) is 0 Å². The third kappa shape index (κ3) is 2.65. The zero-order valence-electron chi connectivity index (χ0n) is 7.01. The summed E-state index contributed by atoms with van der Waals surface area (Å²) in [6.45, 7) is 1.69. The molecule has 70 valence electrons. The highest BCUT2D eigenvalue weighted by Crippen LogP contribution is 2.23. The molecule has 2 nitrogen and oxygen atoms in total. The third-order valence-corrected chi connectivity index (χ3v) is 2.48. The minimum Gasteiger partial charge on any atom is -0.425 e. The van der Waals surface area contributed by atoms with Gasteiger partial charge in [-0.25, -0.2) is 4.39 Å². The molecule has 1 rings (SSSR count). The van der Waals surface area contributed by atoms with Crippen molar-refractivity contribution in [3.63, 3.8) is 0 Å². The lowest BCUT2D eigenvalue weighted by atomic mass is 10.3. The van der Waals surface area contributed by atoms with Crippen LogP contribution in [0.2, 0.25) is 0 Å². The minimum absolute atomic E-state index is 0.284. The van der Waals surface area contributed by atoms with Crippen LogP contribution in [0.3, 0.4) is 0 Å². The fraction of sp³-hybridized carbons (Fsp3) is 0.222. The molecular formula is C9H8FIO2. The molecule has 1 aromatic carbocycles. The number of rotatable bonds is 2. The number of halogens is 2. The van der Waals surface area contributed by atoms with E-state index in [1.54, 1.807) is 35.6 Å². The van der Waals surface area contributed by atoms with Crippen LogP contribution in [0.4, 0.5) is 4.39 Å². The Kier molecular flexibility index (Phi) is 3.65. The minimum atomic E-state index is -0.373. The van der Waals surface area contributed by atoms with E-state index in [9.17, 15) is 9.18 Å². The fourth-order valence-electron chi connectivity index (χ4n) is 0.758. The first-order chi connectivity index (χ1) is 6.15. The molecule has 1 aromatic rings. The highest BCUT2D eigenvalue weighted by atomic mass is 127. The van der Waals surface area contributed by atoms with Gasteiger partial charge in [-0.05, 0) is 34.7 Å². The highest BCUT2D eigenvalue weighted by Gasteiger charge is 2.08. The first-order valence-electron chi connectivity index (χ1n) is 3.80. The van der Waals surface area contributed by atoms with Crippen LogP contribution in [-0.2, 0) is 4.79 Å². The van der Waals surface area contributed by atoms with Gasteiger partial charge >= 0.3 is 5.97 Å². The summed E-state index contributed by atoms with van der Waals surface area (Å²) in [5, 5.41) is 0. The summed E-state index contributed by atoms with van der Waals surface area (Å²) in [5.74, 6) is -0.446. The maximum Gasteiger partial charge on any atom is 0.310 e. The molecule has 0 aliphatic rings. The van der Waals surface area contributed by atoms with Crippen molar-refractivity contribution in [2.45, 2.75) is 13.3 Å². The molecule has 0 heterocycles. The summed E-state index contributed by atoms with van der Waals surface area (Å²) in [7, 11) is 0. The smallest absolute Gasteiger partial charge is 0.310 e. The quantitative estimate of drug-likeness (QED) is 0.476. The largest absolute Gasteiger partial charge is 0.425 e. The topological polar surface area (TPSA) is 26.3 Å². The van der Waals surface area contributed by atoms with Gasteiger partial charge in [0.2, 0.25) is 0 Å². The lowest BCUT2D eigenvalue weighted by molar-refractivity contribution is -0.134. The van der Waals surface area contributed by atoms with Gasteiger partial charge in [0.05, 0.1) is 3.57 Å². The number of carbonyl (C=O) groups excluding carboxylic acids is 1. The Hall–Kier alpha value is -0.650. The zero-order chi connectivity index (χ0) is 9.84. The predicted molar refractivity (Wildman–Crippen MR) is 55.0 cm³/mol. The van der Waals surface area contributed by atoms with Gasteiger partial charge in [-0.2, -0.15) is 0 Å². The normalized spacial score (nSPS) is 9.77. The van der Waals surface area contributed by atoms with E-state index in [2.05, 4.69) is 0 Å². The van der Waals surface area contributed by atoms with Crippen molar-refractivity contribution in [3.05, 3.63) is 27.6 Å². The van der Waals surface area contributed by atoms with Crippen LogP contribution in [-0.4, -0.2) is 5.97 Å². The average molecular weight is 294 g/mol. The Bertz CT molecular complexity index is 325. The molecule has 0 unspecified atom stereocenters. The SMILES string of the molecule is CCC(=O)Oc1cccc(F)c1I. The monoisotopic (exact) mass is 294 g/mol. The summed E-state index contributed by atoms with van der Waals surface area (Å²) < 4.78 is 18.2. The molecule has 4 heteroatoms. The Morgan fingerprint density at radius 1 is 1.62 bits per heavy atom. The van der Waals surface area contributed by atoms with Crippen LogP contribution in [0.15, 0.2) is 18.2 Å². The molecule has 0 saturated carbocycles. The average Bonchev–Trinajstić information content (AvgIpc) is 2.13. The Labute approximate surface area is 89.2 Å². The molecule has 0 fully saturated rings. The summed E-state index contributed by atoms with van der Waals surface area (Å²) in [5.41, 5.74) is 0. The molecule has 0 atom stereocenters. The number of ether oxygens (including phenoxy) is 1. The van der Waals surface area contributed by atoms with Crippen molar-refractivity contribution in [3.8, 4) is 5.75 Å². The maximum absolute atomic E-state index is 12.9. The molecule has 0 aliphatic carbocycles. The van der Waals surface area contributed by atoms with E-state index in [0.29, 0.717) is 3.57 Å². The van der Waals surface area contributed by atoms with E-state index in [1.165, 1.54) is 12.1 Å². The Morgan fingerprint density at radius 2 is 2.31 bits per heavy atom. The zero-order valence-corrected chi connectivity index (χ0v) is 9.17. The van der Waals surface area contributed by atoms with E-state index in [0.717, 1.165) is 0 Å². The number of hydrogen-bond donors (Lipinski definition) is 0. The summed E-state index contributed by atoms with van der Waals surface area (Å²) in [4.78, 5) is 10.9. The molecule has 0 radical (unpaired) electrons. The van der Waals surface area contributed by atoms with Crippen molar-refractivity contribution in [2.24, 2.45) is 0 Å². The number of carbonyl (C=O) groups is 1. The lowest BCUT2D eigenvalue weighted by Crippen LogP contribution is -2.07. The van der Waals surface area contributed by atoms with Crippen LogP contribution in [0.25, 0.3) is 0 Å². The molecule has 0 aliphatic heterocycles. The van der Waals surface area contributed by atoms with Gasteiger partial charge in [0.25, 0.3) is 0 Å². The molecule has 0 N–H and O–H groups in total. The summed E-state index contributed by atoms with van der Waals surface area (Å²) >= 11 is 1.80. The number of benzene rings is 1. The van der Waals surface area contributed by atoms with E-state index in [1.807, 2.05) is 0 Å². The molecule has 0 aromatic heterocycles. The lowest BCUT2D eigenvalue weighted by Gasteiger charge is -2.04. The molecule has 0 amide bonds. The van der Waals surface area contributed by atoms with E-state index >= 15 is 0 Å². The fourth-order valence-corrected chi connectivity index (χ4v) is 1.23. The molecule has 0 spiro atoms. The first-order valence-corrected chi connectivity index (χ1v) is 4.87. The van der Waals surface area contributed by atoms with Crippen molar-refractivity contribution in [1.82, 2.24) is 0 Å². The molecular weight excluding hydrogens is 286 g/mol. The number of esters is 1. The second-order valence-corrected chi connectivity index (χ2v) is 3.46. The van der Waals surface area contributed by atoms with E-state index < -0.39 is 0 Å². The van der Waals surface area contributed by atoms with Gasteiger partial charge in [-0.15, -0.1) is 0 Å². The first kappa shape index (κ1) is 10.4. The van der Waals surface area contributed by atoms with Crippen molar-refractivity contribution < 1.29 is 13.9 Å². The van der Waals surface area contributed by atoms with Gasteiger partial charge in [0.15, 0.2) is 0 Å². The van der Waals surface area contributed by atoms with Crippen LogP contribution >= 0.6 is 22.6 Å². The van der Waals surface area contributed by atoms with E-state index in [4.69, 9.17) is 4.74 Å². The number of hydrogen-bond acceptors (Lipinski definition) is 2. The third-order valence-electron chi connectivity index (χ3n) is 1.43. The highest BCUT2D eigenvalue weighted by molar-refractivity contribution is 14.1. The Balaban J connectivity index is 2.89. The Morgan fingerprint density at radius 3 is 2.92 bits per heavy atom. The van der Waals surface area contributed by atoms with Crippen molar-refractivity contribution in [2.75, 3.05) is 0 Å². The predicted octanol–water partition coefficient (Wildman–Crippen LogP) is 2.75. The van der Waals surface area contributed by atoms with E-state index in [-0.39, 0.29) is 24.0 Å². The van der Waals surface area contributed by atoms with Gasteiger partial charge in [0.1, 0.15) is 11.6 Å². The molecule has 0 bridgehead atoms. The molecule has 13 heavy (non-hydrogen) atoms. The second kappa shape index (κ2) is 4.55.